The third-order valence-electron chi connectivity index (χ3n) is 17.2. The van der Waals surface area contributed by atoms with Gasteiger partial charge in [0, 0.05) is 12.8 Å². The van der Waals surface area contributed by atoms with Gasteiger partial charge in [0.25, 0.3) is 7.82 Å². The summed E-state index contributed by atoms with van der Waals surface area (Å²) in [5, 5.41) is 0. The van der Waals surface area contributed by atoms with Gasteiger partial charge in [-0.2, -0.15) is 0 Å². The zero-order valence-electron chi connectivity index (χ0n) is 60.1. The Hall–Kier alpha value is -2.55. The van der Waals surface area contributed by atoms with Gasteiger partial charge in [-0.1, -0.05) is 369 Å². The standard InChI is InChI=1S/C80H148NO8P/c1-6-8-10-12-14-16-18-20-22-24-26-28-30-32-34-36-38-39-40-41-43-44-46-48-50-52-54-56-58-60-62-64-66-68-70-72-79(82)86-76-78(77-88-90(84,85)87-75-74-81(3,4)5)89-80(83)73-71-69-67-65-63-61-59-57-55-53-51-49-47-45-42-37-35-33-31-29-27-25-23-21-19-17-15-13-11-9-7-2/h9,11,15,17,21,23,27,29,33,35,42,45,78H,6-8,10,12-14,16,18-20,22,24-26,28,30-32,34,36-41,43-44,46-77H2,1-5H3/b11-9-,17-15-,23-21-,29-27-,35-33-,45-42-. The topological polar surface area (TPSA) is 111 Å². The zero-order chi connectivity index (χ0) is 65.5. The molecule has 0 saturated carbocycles. The molecule has 90 heavy (non-hydrogen) atoms. The molecule has 0 radical (unpaired) electrons. The summed E-state index contributed by atoms with van der Waals surface area (Å²) in [6, 6.07) is 0. The van der Waals surface area contributed by atoms with Gasteiger partial charge in [-0.25, -0.2) is 0 Å². The highest BCUT2D eigenvalue weighted by Gasteiger charge is 2.22. The highest BCUT2D eigenvalue weighted by atomic mass is 31.2. The summed E-state index contributed by atoms with van der Waals surface area (Å²) in [4.78, 5) is 38.1. The van der Waals surface area contributed by atoms with Crippen molar-refractivity contribution in [2.24, 2.45) is 0 Å². The van der Waals surface area contributed by atoms with Crippen LogP contribution in [-0.2, 0) is 32.7 Å². The van der Waals surface area contributed by atoms with E-state index in [1.807, 2.05) is 21.1 Å². The summed E-state index contributed by atoms with van der Waals surface area (Å²) in [5.74, 6) is -0.820. The van der Waals surface area contributed by atoms with Gasteiger partial charge in [0.1, 0.15) is 19.8 Å². The smallest absolute Gasteiger partial charge is 0.306 e. The number of phosphoric ester groups is 1. The normalized spacial score (nSPS) is 13.4. The fourth-order valence-corrected chi connectivity index (χ4v) is 12.1. The minimum atomic E-state index is -4.65. The van der Waals surface area contributed by atoms with Crippen LogP contribution >= 0.6 is 7.82 Å². The number of nitrogens with zero attached hydrogens (tertiary/aromatic N) is 1. The maximum Gasteiger partial charge on any atom is 0.306 e. The predicted octanol–water partition coefficient (Wildman–Crippen LogP) is 24.9. The van der Waals surface area contributed by atoms with Gasteiger partial charge >= 0.3 is 11.9 Å². The van der Waals surface area contributed by atoms with Crippen molar-refractivity contribution in [2.75, 3.05) is 47.5 Å². The van der Waals surface area contributed by atoms with Gasteiger partial charge in [-0.05, 0) is 64.2 Å². The number of likely N-dealkylation sites (N-methyl/N-ethyl adjacent to an activating group) is 1. The van der Waals surface area contributed by atoms with E-state index in [9.17, 15) is 19.0 Å². The Morgan fingerprint density at radius 2 is 0.633 bits per heavy atom. The van der Waals surface area contributed by atoms with E-state index in [-0.39, 0.29) is 32.0 Å². The van der Waals surface area contributed by atoms with Gasteiger partial charge < -0.3 is 27.9 Å². The van der Waals surface area contributed by atoms with Crippen LogP contribution in [0.5, 0.6) is 0 Å². The average Bonchev–Trinajstić information content (AvgIpc) is 3.58. The van der Waals surface area contributed by atoms with Gasteiger partial charge in [-0.15, -0.1) is 0 Å². The second-order valence-corrected chi connectivity index (χ2v) is 28.8. The van der Waals surface area contributed by atoms with Crippen molar-refractivity contribution in [2.45, 2.75) is 380 Å². The Morgan fingerprint density at radius 1 is 0.356 bits per heavy atom. The van der Waals surface area contributed by atoms with E-state index in [1.165, 1.54) is 263 Å². The maximum absolute atomic E-state index is 12.9. The summed E-state index contributed by atoms with van der Waals surface area (Å²) in [5.41, 5.74) is 0. The van der Waals surface area contributed by atoms with Crippen LogP contribution in [-0.4, -0.2) is 70.0 Å². The number of carbonyl (C=O) groups excluding carboxylic acids is 2. The van der Waals surface area contributed by atoms with Crippen molar-refractivity contribution < 1.29 is 42.1 Å². The number of ether oxygens (including phenoxy) is 2. The lowest BCUT2D eigenvalue weighted by atomic mass is 10.0. The van der Waals surface area contributed by atoms with Gasteiger partial charge in [-0.3, -0.25) is 14.2 Å². The van der Waals surface area contributed by atoms with E-state index >= 15 is 0 Å². The Bertz CT molecular complexity index is 1750. The fraction of sp³-hybridized carbons (Fsp3) is 0.825. The van der Waals surface area contributed by atoms with Crippen molar-refractivity contribution in [3.8, 4) is 0 Å². The van der Waals surface area contributed by atoms with Crippen LogP contribution in [0, 0.1) is 0 Å². The number of allylic oxidation sites excluding steroid dienone is 12. The largest absolute Gasteiger partial charge is 0.756 e. The van der Waals surface area contributed by atoms with Gasteiger partial charge in [0.05, 0.1) is 27.7 Å². The third-order valence-corrected chi connectivity index (χ3v) is 18.2. The number of esters is 2. The Labute approximate surface area is 559 Å². The van der Waals surface area contributed by atoms with Crippen LogP contribution in [0.2, 0.25) is 0 Å². The highest BCUT2D eigenvalue weighted by molar-refractivity contribution is 7.45. The lowest BCUT2D eigenvalue weighted by Crippen LogP contribution is -2.37. The Balaban J connectivity index is 3.96. The molecule has 0 rings (SSSR count). The summed E-state index contributed by atoms with van der Waals surface area (Å²) in [6.07, 6.45) is 95.9. The van der Waals surface area contributed by atoms with Crippen molar-refractivity contribution in [3.63, 3.8) is 0 Å². The number of rotatable bonds is 72. The van der Waals surface area contributed by atoms with Crippen molar-refractivity contribution in [3.05, 3.63) is 72.9 Å². The molecule has 10 heteroatoms. The summed E-state index contributed by atoms with van der Waals surface area (Å²) in [6.45, 7) is 4.18. The molecular formula is C80H148NO8P. The minimum absolute atomic E-state index is 0.0314. The zero-order valence-corrected chi connectivity index (χ0v) is 61.0. The molecule has 0 fully saturated rings. The first kappa shape index (κ1) is 87.5. The molecule has 2 unspecified atom stereocenters. The van der Waals surface area contributed by atoms with Crippen molar-refractivity contribution >= 4 is 19.8 Å². The first-order chi connectivity index (χ1) is 44.0. The minimum Gasteiger partial charge on any atom is -0.756 e. The predicted molar refractivity (Wildman–Crippen MR) is 388 cm³/mol. The van der Waals surface area contributed by atoms with Gasteiger partial charge in [0.15, 0.2) is 6.10 Å². The molecule has 526 valence electrons. The number of phosphoric acid groups is 1. The SMILES string of the molecule is CC/C=C\C/C=C\C/C=C\C/C=C\C/C=C\C/C=C\CCCCCCCCCCCCCCC(=O)OC(COC(=O)CCCCCCCCCCCCCCCCCCCCCCCCCCCCCCCCCCCCC)COP(=O)([O-])OCC[N+](C)(C)C. The van der Waals surface area contributed by atoms with E-state index in [0.717, 1.165) is 77.0 Å². The molecular weight excluding hydrogens is 1130 g/mol. The molecule has 0 aliphatic carbocycles. The van der Waals surface area contributed by atoms with E-state index in [2.05, 4.69) is 86.8 Å². The van der Waals surface area contributed by atoms with Crippen molar-refractivity contribution in [1.82, 2.24) is 0 Å². The molecule has 0 heterocycles. The molecule has 0 aliphatic rings. The molecule has 0 spiro atoms. The van der Waals surface area contributed by atoms with Crippen LogP contribution in [0.15, 0.2) is 72.9 Å². The second-order valence-electron chi connectivity index (χ2n) is 27.4. The molecule has 0 amide bonds. The lowest BCUT2D eigenvalue weighted by Gasteiger charge is -2.28. The first-order valence-electron chi connectivity index (χ1n) is 38.6. The molecule has 0 bridgehead atoms. The van der Waals surface area contributed by atoms with E-state index in [0.29, 0.717) is 17.4 Å². The number of hydrogen-bond donors (Lipinski definition) is 0. The van der Waals surface area contributed by atoms with Crippen LogP contribution < -0.4 is 4.89 Å². The Kier molecular flexibility index (Phi) is 68.8. The fourth-order valence-electron chi connectivity index (χ4n) is 11.4. The number of quaternary nitrogens is 1. The van der Waals surface area contributed by atoms with Crippen molar-refractivity contribution in [1.29, 1.82) is 0 Å². The maximum atomic E-state index is 12.9. The number of hydrogen-bond acceptors (Lipinski definition) is 8. The molecule has 9 nitrogen and oxygen atoms in total. The third kappa shape index (κ3) is 74.5. The molecule has 0 aromatic carbocycles. The van der Waals surface area contributed by atoms with Crippen LogP contribution in [0.1, 0.15) is 373 Å². The molecule has 0 N–H and O–H groups in total. The molecule has 0 aromatic heterocycles. The molecule has 0 aliphatic heterocycles. The lowest BCUT2D eigenvalue weighted by molar-refractivity contribution is -0.870. The van der Waals surface area contributed by atoms with Crippen LogP contribution in [0.25, 0.3) is 0 Å². The summed E-state index contributed by atoms with van der Waals surface area (Å²) in [7, 11) is 1.18. The number of unbranched alkanes of at least 4 members (excludes halogenated alkanes) is 46. The van der Waals surface area contributed by atoms with E-state index in [4.69, 9.17) is 18.5 Å². The second kappa shape index (κ2) is 70.8. The quantitative estimate of drug-likeness (QED) is 0.0195. The summed E-state index contributed by atoms with van der Waals surface area (Å²) < 4.78 is 34.4. The summed E-state index contributed by atoms with van der Waals surface area (Å²) >= 11 is 0. The van der Waals surface area contributed by atoms with Gasteiger partial charge in [0.2, 0.25) is 0 Å². The van der Waals surface area contributed by atoms with Crippen LogP contribution in [0.3, 0.4) is 0 Å². The number of carbonyl (C=O) groups is 2. The average molecular weight is 1280 g/mol. The van der Waals surface area contributed by atoms with E-state index in [1.54, 1.807) is 0 Å². The molecule has 0 aromatic rings. The molecule has 0 saturated heterocycles. The highest BCUT2D eigenvalue weighted by Crippen LogP contribution is 2.38. The van der Waals surface area contributed by atoms with Crippen LogP contribution in [0.4, 0.5) is 0 Å². The monoisotopic (exact) mass is 1280 g/mol. The van der Waals surface area contributed by atoms with E-state index < -0.39 is 26.5 Å². The first-order valence-corrected chi connectivity index (χ1v) is 40.1. The Morgan fingerprint density at radius 3 is 0.944 bits per heavy atom. The molecule has 2 atom stereocenters.